The quantitative estimate of drug-likeness (QED) is 0.444. The Morgan fingerprint density at radius 1 is 1.13 bits per heavy atom. The minimum Gasteiger partial charge on any atom is -0.411 e. The Balaban J connectivity index is 3.11. The van der Waals surface area contributed by atoms with Gasteiger partial charge in [-0.05, 0) is 37.2 Å². The lowest BCUT2D eigenvalue weighted by atomic mass is 9.96. The summed E-state index contributed by atoms with van der Waals surface area (Å²) in [4.78, 5) is 0. The molecule has 1 aromatic carbocycles. The van der Waals surface area contributed by atoms with Crippen LogP contribution in [-0.4, -0.2) is 21.5 Å². The highest BCUT2D eigenvalue weighted by atomic mass is 35.5. The van der Waals surface area contributed by atoms with Crippen LogP contribution in [0.2, 0.25) is 29.2 Å². The summed E-state index contributed by atoms with van der Waals surface area (Å²) in [6, 6.07) is 6.71. The van der Waals surface area contributed by atoms with Crippen LogP contribution in [0.5, 0.6) is 0 Å². The number of methoxy groups -OCH3 is 1. The summed E-state index contributed by atoms with van der Waals surface area (Å²) in [6.07, 6.45) is 2.07. The van der Waals surface area contributed by atoms with Gasteiger partial charge in [0.15, 0.2) is 8.32 Å². The molecule has 132 valence electrons. The molecule has 1 aromatic rings. The Hall–Kier alpha value is -0.0631. The van der Waals surface area contributed by atoms with Gasteiger partial charge in [-0.1, -0.05) is 62.9 Å². The number of halogens is 2. The smallest absolute Gasteiger partial charge is 0.187 e. The molecule has 2 nitrogen and oxygen atoms in total. The van der Waals surface area contributed by atoms with Crippen LogP contribution in [0.3, 0.4) is 0 Å². The molecule has 0 saturated carbocycles. The monoisotopic (exact) mass is 376 g/mol. The molecule has 0 N–H and O–H groups in total. The number of ether oxygens (including phenoxy) is 1. The molecule has 0 radical (unpaired) electrons. The van der Waals surface area contributed by atoms with Crippen molar-refractivity contribution in [1.82, 2.24) is 0 Å². The summed E-state index contributed by atoms with van der Waals surface area (Å²) in [5.41, 5.74) is 0.831. The second-order valence-corrected chi connectivity index (χ2v) is 12.1. The van der Waals surface area contributed by atoms with Gasteiger partial charge in [0, 0.05) is 22.7 Å². The van der Waals surface area contributed by atoms with Crippen LogP contribution in [-0.2, 0) is 9.16 Å². The highest BCUT2D eigenvalue weighted by Crippen LogP contribution is 2.38. The molecular formula is C18H30Cl2O2Si. The van der Waals surface area contributed by atoms with Crippen LogP contribution in [0.15, 0.2) is 18.2 Å². The molecule has 0 spiro atoms. The molecule has 23 heavy (non-hydrogen) atoms. The summed E-state index contributed by atoms with van der Waals surface area (Å²) in [6.45, 7) is 11.1. The number of benzene rings is 1. The van der Waals surface area contributed by atoms with Gasteiger partial charge in [0.2, 0.25) is 0 Å². The van der Waals surface area contributed by atoms with Crippen molar-refractivity contribution < 1.29 is 9.16 Å². The molecule has 0 unspecified atom stereocenters. The van der Waals surface area contributed by atoms with Crippen molar-refractivity contribution in [3.05, 3.63) is 33.8 Å². The van der Waals surface area contributed by atoms with Gasteiger partial charge >= 0.3 is 0 Å². The van der Waals surface area contributed by atoms with Crippen LogP contribution >= 0.6 is 23.2 Å². The van der Waals surface area contributed by atoms with Crippen LogP contribution in [0, 0.1) is 5.92 Å². The predicted molar refractivity (Wildman–Crippen MR) is 103 cm³/mol. The fourth-order valence-corrected chi connectivity index (χ4v) is 5.84. The van der Waals surface area contributed by atoms with E-state index < -0.39 is 8.32 Å². The Morgan fingerprint density at radius 3 is 2.13 bits per heavy atom. The molecule has 0 bridgehead atoms. The average Bonchev–Trinajstić information content (AvgIpc) is 2.47. The minimum atomic E-state index is -1.76. The first-order valence-corrected chi connectivity index (χ1v) is 12.2. The lowest BCUT2D eigenvalue weighted by Crippen LogP contribution is -2.41. The fraction of sp³-hybridized carbons (Fsp3) is 0.667. The Bertz CT molecular complexity index is 472. The van der Waals surface area contributed by atoms with Gasteiger partial charge in [0.25, 0.3) is 0 Å². The van der Waals surface area contributed by atoms with Crippen molar-refractivity contribution in [3.8, 4) is 0 Å². The first-order valence-electron chi connectivity index (χ1n) is 8.38. The van der Waals surface area contributed by atoms with Gasteiger partial charge < -0.3 is 9.16 Å². The van der Waals surface area contributed by atoms with Crippen molar-refractivity contribution in [2.75, 3.05) is 7.11 Å². The summed E-state index contributed by atoms with van der Waals surface area (Å²) in [5, 5.41) is 1.26. The third kappa shape index (κ3) is 6.06. The zero-order chi connectivity index (χ0) is 17.6. The van der Waals surface area contributed by atoms with Crippen LogP contribution in [0.1, 0.15) is 45.3 Å². The molecule has 0 heterocycles. The summed E-state index contributed by atoms with van der Waals surface area (Å²) in [7, 11) is -0.0649. The van der Waals surface area contributed by atoms with Crippen LogP contribution in [0.4, 0.5) is 0 Å². The normalized spacial score (nSPS) is 15.0. The highest BCUT2D eigenvalue weighted by Gasteiger charge is 2.35. The second-order valence-electron chi connectivity index (χ2n) is 6.98. The van der Waals surface area contributed by atoms with Crippen molar-refractivity contribution in [1.29, 1.82) is 0 Å². The van der Waals surface area contributed by atoms with E-state index in [0.29, 0.717) is 16.0 Å². The summed E-state index contributed by atoms with van der Waals surface area (Å²) >= 11 is 12.8. The summed E-state index contributed by atoms with van der Waals surface area (Å²) < 4.78 is 12.4. The van der Waals surface area contributed by atoms with Crippen LogP contribution in [0.25, 0.3) is 0 Å². The molecule has 1 rings (SSSR count). The molecule has 0 aliphatic carbocycles. The average molecular weight is 377 g/mol. The first-order chi connectivity index (χ1) is 10.7. The summed E-state index contributed by atoms with van der Waals surface area (Å²) in [5.74, 6) is 0.306. The second kappa shape index (κ2) is 9.43. The standard InChI is InChI=1S/C18H30Cl2O2Si/c1-7-8-12-23(5,6)22-17(13(2)3)18(21-4)16-14(19)10-9-11-15(16)20/h9-11,13,17-18H,7-8,12H2,1-6H3/t17-,18-/m1/s1. The Labute approximate surface area is 152 Å². The van der Waals surface area contributed by atoms with Crippen molar-refractivity contribution in [2.45, 2.75) is 65.0 Å². The molecule has 0 aromatic heterocycles. The van der Waals surface area contributed by atoms with Crippen molar-refractivity contribution in [3.63, 3.8) is 0 Å². The lowest BCUT2D eigenvalue weighted by molar-refractivity contribution is -0.0263. The zero-order valence-electron chi connectivity index (χ0n) is 15.2. The van der Waals surface area contributed by atoms with Gasteiger partial charge in [0.05, 0.1) is 6.10 Å². The highest BCUT2D eigenvalue weighted by molar-refractivity contribution is 6.71. The molecule has 0 aliphatic rings. The van der Waals surface area contributed by atoms with E-state index in [1.54, 1.807) is 7.11 Å². The van der Waals surface area contributed by atoms with E-state index in [1.165, 1.54) is 12.8 Å². The Morgan fingerprint density at radius 2 is 1.70 bits per heavy atom. The molecule has 0 aliphatic heterocycles. The Kier molecular flexibility index (Phi) is 8.60. The number of hydrogen-bond acceptors (Lipinski definition) is 2. The largest absolute Gasteiger partial charge is 0.411 e. The predicted octanol–water partition coefficient (Wildman–Crippen LogP) is 6.73. The van der Waals surface area contributed by atoms with Crippen LogP contribution < -0.4 is 0 Å². The molecule has 2 atom stereocenters. The van der Waals surface area contributed by atoms with E-state index >= 15 is 0 Å². The molecule has 0 saturated heterocycles. The van der Waals surface area contributed by atoms with E-state index in [0.717, 1.165) is 11.6 Å². The first kappa shape index (κ1) is 21.0. The van der Waals surface area contributed by atoms with Gasteiger partial charge in [-0.2, -0.15) is 0 Å². The van der Waals surface area contributed by atoms with Gasteiger partial charge in [-0.15, -0.1) is 0 Å². The maximum Gasteiger partial charge on any atom is 0.187 e. The molecule has 0 fully saturated rings. The molecule has 0 amide bonds. The maximum atomic E-state index is 6.62. The third-order valence-corrected chi connectivity index (χ3v) is 7.21. The maximum absolute atomic E-state index is 6.62. The van der Waals surface area contributed by atoms with Crippen molar-refractivity contribution >= 4 is 31.5 Å². The number of rotatable bonds is 9. The van der Waals surface area contributed by atoms with Crippen molar-refractivity contribution in [2.24, 2.45) is 5.92 Å². The number of unbranched alkanes of at least 4 members (excludes halogenated alkanes) is 1. The van der Waals surface area contributed by atoms with E-state index in [-0.39, 0.29) is 12.2 Å². The van der Waals surface area contributed by atoms with E-state index in [1.807, 2.05) is 18.2 Å². The number of hydrogen-bond donors (Lipinski definition) is 0. The fourth-order valence-electron chi connectivity index (χ4n) is 2.78. The zero-order valence-corrected chi connectivity index (χ0v) is 17.7. The minimum absolute atomic E-state index is 0.0593. The SMILES string of the molecule is CCCC[Si](C)(C)O[C@H](C(C)C)[C@H](OC)c1c(Cl)cccc1Cl. The van der Waals surface area contributed by atoms with Gasteiger partial charge in [-0.3, -0.25) is 0 Å². The molecular weight excluding hydrogens is 347 g/mol. The van der Waals surface area contributed by atoms with Gasteiger partial charge in [0.1, 0.15) is 6.10 Å². The van der Waals surface area contributed by atoms with E-state index in [2.05, 4.69) is 33.9 Å². The third-order valence-electron chi connectivity index (χ3n) is 4.08. The lowest BCUT2D eigenvalue weighted by Gasteiger charge is -2.37. The van der Waals surface area contributed by atoms with E-state index in [9.17, 15) is 0 Å². The van der Waals surface area contributed by atoms with Gasteiger partial charge in [-0.25, -0.2) is 0 Å². The molecule has 5 heteroatoms. The van der Waals surface area contributed by atoms with E-state index in [4.69, 9.17) is 32.4 Å². The topological polar surface area (TPSA) is 18.5 Å².